The fraction of sp³-hybridized carbons (Fsp3) is 0.286. The van der Waals surface area contributed by atoms with Crippen LogP contribution >= 0.6 is 28.3 Å². The first-order chi connectivity index (χ1) is 13.0. The Labute approximate surface area is 168 Å². The summed E-state index contributed by atoms with van der Waals surface area (Å²) >= 11 is 2.88. The molecule has 1 aliphatic heterocycles. The first-order valence-electron chi connectivity index (χ1n) is 8.93. The summed E-state index contributed by atoms with van der Waals surface area (Å²) in [5.74, 6) is 0.723. The predicted molar refractivity (Wildman–Crippen MR) is 117 cm³/mol. The van der Waals surface area contributed by atoms with Crippen LogP contribution in [0.15, 0.2) is 66.5 Å². The molecule has 0 spiro atoms. The van der Waals surface area contributed by atoms with Crippen molar-refractivity contribution in [3.63, 3.8) is 0 Å². The molecule has 0 N–H and O–H groups in total. The number of carbonyl (C=O) groups is 1. The fourth-order valence-corrected chi connectivity index (χ4v) is 11.9. The average Bonchev–Trinajstić information content (AvgIpc) is 3.14. The van der Waals surface area contributed by atoms with Crippen molar-refractivity contribution >= 4 is 34.3 Å². The Morgan fingerprint density at radius 3 is 2.41 bits per heavy atom. The Balaban J connectivity index is 1.95. The van der Waals surface area contributed by atoms with E-state index in [2.05, 4.69) is 24.8 Å². The highest BCUT2D eigenvalue weighted by atomic mass is 33.1. The standard InChI is InChI=1S/C21H23O3PS2/c1-3-24-21(22)20(16(2)25(23)26-13-14-27-25)15-18-11-7-8-12-19(18)17-9-5-4-6-10-17/h4-12,20H,2-3,13-15H2,1H3. The van der Waals surface area contributed by atoms with Crippen molar-refractivity contribution in [1.82, 2.24) is 0 Å². The molecule has 1 fully saturated rings. The monoisotopic (exact) mass is 418 g/mol. The first-order valence-corrected chi connectivity index (χ1v) is 13.8. The van der Waals surface area contributed by atoms with E-state index in [0.717, 1.165) is 28.2 Å². The SMILES string of the molecule is C=C(C(Cc1ccccc1-c1ccccc1)C(=O)OCC)P1(=O)SCCS1. The van der Waals surface area contributed by atoms with Crippen molar-refractivity contribution in [2.45, 2.75) is 13.3 Å². The van der Waals surface area contributed by atoms with E-state index >= 15 is 0 Å². The van der Waals surface area contributed by atoms with Gasteiger partial charge in [0.1, 0.15) is 0 Å². The maximum absolute atomic E-state index is 13.2. The Kier molecular flexibility index (Phi) is 6.91. The van der Waals surface area contributed by atoms with Crippen LogP contribution < -0.4 is 0 Å². The van der Waals surface area contributed by atoms with Crippen molar-refractivity contribution in [3.05, 3.63) is 72.1 Å². The summed E-state index contributed by atoms with van der Waals surface area (Å²) in [6.45, 7) is 6.19. The largest absolute Gasteiger partial charge is 0.466 e. The normalized spacial score (nSPS) is 16.6. The van der Waals surface area contributed by atoms with Gasteiger partial charge in [0.2, 0.25) is 5.55 Å². The van der Waals surface area contributed by atoms with Crippen LogP contribution in [0.1, 0.15) is 12.5 Å². The molecule has 3 nitrogen and oxygen atoms in total. The van der Waals surface area contributed by atoms with E-state index < -0.39 is 11.5 Å². The minimum atomic E-state index is -2.68. The Morgan fingerprint density at radius 2 is 1.74 bits per heavy atom. The number of esters is 1. The van der Waals surface area contributed by atoms with Crippen LogP contribution in [0.5, 0.6) is 0 Å². The van der Waals surface area contributed by atoms with Crippen molar-refractivity contribution in [2.75, 3.05) is 18.1 Å². The molecule has 0 saturated carbocycles. The Hall–Kier alpha value is -1.42. The van der Waals surface area contributed by atoms with E-state index in [0.29, 0.717) is 18.3 Å². The van der Waals surface area contributed by atoms with Gasteiger partial charge in [0, 0.05) is 16.8 Å². The second kappa shape index (κ2) is 9.18. The first kappa shape index (κ1) is 20.3. The summed E-state index contributed by atoms with van der Waals surface area (Å²) in [5.41, 5.74) is 0.520. The lowest BCUT2D eigenvalue weighted by molar-refractivity contribution is -0.146. The maximum Gasteiger partial charge on any atom is 0.313 e. The van der Waals surface area contributed by atoms with Gasteiger partial charge in [0.15, 0.2) is 0 Å². The topological polar surface area (TPSA) is 43.4 Å². The van der Waals surface area contributed by atoms with E-state index in [-0.39, 0.29) is 5.97 Å². The summed E-state index contributed by atoms with van der Waals surface area (Å²) in [4.78, 5) is 12.7. The van der Waals surface area contributed by atoms with E-state index in [1.54, 1.807) is 6.92 Å². The molecular weight excluding hydrogens is 395 g/mol. The van der Waals surface area contributed by atoms with Gasteiger partial charge in [0.05, 0.1) is 12.5 Å². The highest BCUT2D eigenvalue weighted by Gasteiger charge is 2.39. The number of rotatable bonds is 7. The van der Waals surface area contributed by atoms with Crippen molar-refractivity contribution < 1.29 is 14.1 Å². The third-order valence-electron chi connectivity index (χ3n) is 4.46. The molecule has 1 unspecified atom stereocenters. The summed E-state index contributed by atoms with van der Waals surface area (Å²) < 4.78 is 18.5. The van der Waals surface area contributed by atoms with Gasteiger partial charge in [-0.2, -0.15) is 0 Å². The van der Waals surface area contributed by atoms with Gasteiger partial charge in [0.25, 0.3) is 0 Å². The van der Waals surface area contributed by atoms with Crippen LogP contribution in [0.2, 0.25) is 0 Å². The zero-order chi connectivity index (χ0) is 19.3. The Morgan fingerprint density at radius 1 is 1.11 bits per heavy atom. The molecule has 0 bridgehead atoms. The van der Waals surface area contributed by atoms with Gasteiger partial charge in [-0.25, -0.2) is 0 Å². The van der Waals surface area contributed by atoms with Crippen LogP contribution in [0.4, 0.5) is 0 Å². The average molecular weight is 419 g/mol. The summed E-state index contributed by atoms with van der Waals surface area (Å²) in [6, 6.07) is 18.1. The minimum Gasteiger partial charge on any atom is -0.466 e. The lowest BCUT2D eigenvalue weighted by Crippen LogP contribution is -2.21. The molecule has 1 heterocycles. The van der Waals surface area contributed by atoms with E-state index in [1.165, 1.54) is 22.8 Å². The second-order valence-electron chi connectivity index (χ2n) is 6.19. The van der Waals surface area contributed by atoms with E-state index in [1.807, 2.05) is 36.4 Å². The van der Waals surface area contributed by atoms with Gasteiger partial charge < -0.3 is 4.74 Å². The third kappa shape index (κ3) is 4.71. The molecule has 0 amide bonds. The van der Waals surface area contributed by atoms with Crippen LogP contribution in [-0.2, 0) is 20.5 Å². The summed E-state index contributed by atoms with van der Waals surface area (Å²) in [5, 5.41) is 0.524. The molecule has 27 heavy (non-hydrogen) atoms. The number of carbonyl (C=O) groups excluding carboxylic acids is 1. The second-order valence-corrected chi connectivity index (χ2v) is 14.4. The Bertz CT molecular complexity index is 857. The quantitative estimate of drug-likeness (QED) is 0.392. The molecule has 2 aromatic carbocycles. The molecule has 1 aliphatic rings. The van der Waals surface area contributed by atoms with Crippen molar-refractivity contribution in [1.29, 1.82) is 0 Å². The van der Waals surface area contributed by atoms with Gasteiger partial charge in [-0.1, -0.05) is 83.9 Å². The zero-order valence-corrected chi connectivity index (χ0v) is 17.8. The van der Waals surface area contributed by atoms with Crippen molar-refractivity contribution in [2.24, 2.45) is 5.92 Å². The van der Waals surface area contributed by atoms with Crippen LogP contribution in [0.25, 0.3) is 11.1 Å². The van der Waals surface area contributed by atoms with Crippen LogP contribution in [0.3, 0.4) is 0 Å². The van der Waals surface area contributed by atoms with E-state index in [4.69, 9.17) is 4.74 Å². The molecule has 0 radical (unpaired) electrons. The highest BCUT2D eigenvalue weighted by Crippen LogP contribution is 2.79. The van der Waals surface area contributed by atoms with E-state index in [9.17, 15) is 9.36 Å². The smallest absolute Gasteiger partial charge is 0.313 e. The van der Waals surface area contributed by atoms with Gasteiger partial charge in [-0.15, -0.1) is 0 Å². The maximum atomic E-state index is 13.2. The lowest BCUT2D eigenvalue weighted by Gasteiger charge is -2.23. The molecule has 0 aromatic heterocycles. The molecule has 1 saturated heterocycles. The van der Waals surface area contributed by atoms with Gasteiger partial charge in [-0.3, -0.25) is 9.36 Å². The minimum absolute atomic E-state index is 0.299. The number of benzene rings is 2. The number of ether oxygens (including phenoxy) is 1. The molecule has 3 rings (SSSR count). The number of hydrogen-bond acceptors (Lipinski definition) is 5. The molecule has 0 aliphatic carbocycles. The lowest BCUT2D eigenvalue weighted by atomic mass is 9.92. The summed E-state index contributed by atoms with van der Waals surface area (Å²) in [6.07, 6.45) is 0.438. The molecular formula is C21H23O3PS2. The predicted octanol–water partition coefficient (Wildman–Crippen LogP) is 6.26. The zero-order valence-electron chi connectivity index (χ0n) is 15.3. The van der Waals surface area contributed by atoms with Crippen LogP contribution in [0, 0.1) is 5.92 Å². The molecule has 142 valence electrons. The van der Waals surface area contributed by atoms with Gasteiger partial charge in [-0.05, 0) is 30.0 Å². The fourth-order valence-electron chi connectivity index (χ4n) is 3.11. The van der Waals surface area contributed by atoms with Crippen LogP contribution in [-0.4, -0.2) is 24.1 Å². The van der Waals surface area contributed by atoms with Gasteiger partial charge >= 0.3 is 5.97 Å². The molecule has 6 heteroatoms. The van der Waals surface area contributed by atoms with Crippen molar-refractivity contribution in [3.8, 4) is 11.1 Å². The molecule has 2 aromatic rings. The number of hydrogen-bond donors (Lipinski definition) is 0. The highest BCUT2D eigenvalue weighted by molar-refractivity contribution is 8.93. The summed E-state index contributed by atoms with van der Waals surface area (Å²) in [7, 11) is 0. The molecule has 1 atom stereocenters. The third-order valence-corrected chi connectivity index (χ3v) is 13.6.